The van der Waals surface area contributed by atoms with Crippen molar-refractivity contribution in [2.45, 2.75) is 20.5 Å². The summed E-state index contributed by atoms with van der Waals surface area (Å²) in [7, 11) is 0. The second kappa shape index (κ2) is 10.1. The largest absolute Gasteiger partial charge is 0.489 e. The normalized spacial score (nSPS) is 11.1. The quantitative estimate of drug-likeness (QED) is 0.336. The van der Waals surface area contributed by atoms with Crippen LogP contribution in [0.5, 0.6) is 5.75 Å². The summed E-state index contributed by atoms with van der Waals surface area (Å²) in [4.78, 5) is 17.2. The number of nitrogens with zero attached hydrogens (tertiary/aromatic N) is 1. The molecule has 0 aliphatic heterocycles. The highest BCUT2D eigenvalue weighted by atomic mass is 16.6. The lowest BCUT2D eigenvalue weighted by molar-refractivity contribution is -0.120. The van der Waals surface area contributed by atoms with Gasteiger partial charge in [0.05, 0.1) is 0 Å². The third-order valence-corrected chi connectivity index (χ3v) is 4.64. The Bertz CT molecular complexity index is 1020. The van der Waals surface area contributed by atoms with Crippen molar-refractivity contribution >= 4 is 17.4 Å². The highest BCUT2D eigenvalue weighted by Gasteiger charge is 2.07. The molecule has 0 radical (unpaired) electrons. The molecule has 30 heavy (non-hydrogen) atoms. The van der Waals surface area contributed by atoms with E-state index in [1.54, 1.807) is 12.1 Å². The first-order chi connectivity index (χ1) is 14.5. The zero-order chi connectivity index (χ0) is 21.3. The van der Waals surface area contributed by atoms with E-state index < -0.39 is 0 Å². The molecule has 3 rings (SSSR count). The van der Waals surface area contributed by atoms with Gasteiger partial charge in [0.2, 0.25) is 0 Å². The lowest BCUT2D eigenvalue weighted by atomic mass is 10.1. The Kier molecular flexibility index (Phi) is 7.05. The Balaban J connectivity index is 1.49. The zero-order valence-corrected chi connectivity index (χ0v) is 17.1. The number of benzene rings is 3. The van der Waals surface area contributed by atoms with E-state index in [0.717, 1.165) is 28.1 Å². The van der Waals surface area contributed by atoms with Gasteiger partial charge in [0, 0.05) is 11.3 Å². The molecule has 3 aromatic rings. The Morgan fingerprint density at radius 1 is 0.967 bits per heavy atom. The van der Waals surface area contributed by atoms with Gasteiger partial charge in [-0.15, -0.1) is 0 Å². The molecule has 0 bridgehead atoms. The summed E-state index contributed by atoms with van der Waals surface area (Å²) in [5.74, 6) is 0.610. The van der Waals surface area contributed by atoms with Crippen LogP contribution in [0.4, 0.5) is 5.69 Å². The monoisotopic (exact) mass is 403 g/mol. The molecule has 0 aromatic heterocycles. The Morgan fingerprint density at radius 3 is 2.43 bits per heavy atom. The minimum absolute atomic E-state index is 0.184. The van der Waals surface area contributed by atoms with Gasteiger partial charge in [-0.3, -0.25) is 4.79 Å². The van der Waals surface area contributed by atoms with E-state index in [1.807, 2.05) is 74.5 Å². The summed E-state index contributed by atoms with van der Waals surface area (Å²) in [5.41, 5.74) is 10.6. The predicted octanol–water partition coefficient (Wildman–Crippen LogP) is 4.16. The van der Waals surface area contributed by atoms with Crippen molar-refractivity contribution in [1.82, 2.24) is 0 Å². The summed E-state index contributed by atoms with van der Waals surface area (Å²) in [5, 5.41) is 6.64. The van der Waals surface area contributed by atoms with E-state index in [-0.39, 0.29) is 18.3 Å². The minimum Gasteiger partial charge on any atom is -0.489 e. The highest BCUT2D eigenvalue weighted by molar-refractivity contribution is 5.97. The van der Waals surface area contributed by atoms with Gasteiger partial charge in [0.15, 0.2) is 12.4 Å². The smallest absolute Gasteiger partial charge is 0.265 e. The molecule has 154 valence electrons. The van der Waals surface area contributed by atoms with Gasteiger partial charge in [-0.25, -0.2) is 0 Å². The van der Waals surface area contributed by atoms with Crippen molar-refractivity contribution in [1.29, 1.82) is 0 Å². The fraction of sp³-hybridized carbons (Fsp3) is 0.167. The van der Waals surface area contributed by atoms with Crippen LogP contribution in [0.3, 0.4) is 0 Å². The molecule has 0 saturated heterocycles. The van der Waals surface area contributed by atoms with Crippen LogP contribution in [0.15, 0.2) is 78.0 Å². The van der Waals surface area contributed by atoms with Crippen LogP contribution in [0.2, 0.25) is 0 Å². The maximum absolute atomic E-state index is 12.1. The molecule has 0 spiro atoms. The van der Waals surface area contributed by atoms with Crippen LogP contribution in [-0.4, -0.2) is 18.3 Å². The average Bonchev–Trinajstić information content (AvgIpc) is 2.76. The molecule has 0 atom stereocenters. The number of anilines is 1. The maximum Gasteiger partial charge on any atom is 0.265 e. The fourth-order valence-electron chi connectivity index (χ4n) is 2.75. The highest BCUT2D eigenvalue weighted by Crippen LogP contribution is 2.18. The van der Waals surface area contributed by atoms with Crippen LogP contribution < -0.4 is 15.8 Å². The van der Waals surface area contributed by atoms with Gasteiger partial charge >= 0.3 is 0 Å². The first-order valence-electron chi connectivity index (χ1n) is 9.61. The topological polar surface area (TPSA) is 85.9 Å². The van der Waals surface area contributed by atoms with Gasteiger partial charge in [-0.1, -0.05) is 47.6 Å². The summed E-state index contributed by atoms with van der Waals surface area (Å²) in [6, 6.07) is 22.9. The molecule has 0 aliphatic rings. The van der Waals surface area contributed by atoms with Crippen molar-refractivity contribution in [2.75, 3.05) is 11.9 Å². The number of oxime groups is 1. The predicted molar refractivity (Wildman–Crippen MR) is 118 cm³/mol. The van der Waals surface area contributed by atoms with E-state index in [2.05, 4.69) is 10.5 Å². The average molecular weight is 403 g/mol. The molecule has 0 saturated carbocycles. The number of carbonyl (C=O) groups is 1. The Hall–Kier alpha value is -3.80. The number of hydrogen-bond acceptors (Lipinski definition) is 4. The number of amides is 1. The third-order valence-electron chi connectivity index (χ3n) is 4.64. The number of carbonyl (C=O) groups excluding carboxylic acids is 1. The van der Waals surface area contributed by atoms with E-state index in [1.165, 1.54) is 0 Å². The van der Waals surface area contributed by atoms with E-state index in [4.69, 9.17) is 15.3 Å². The van der Waals surface area contributed by atoms with E-state index in [0.29, 0.717) is 12.2 Å². The number of ether oxygens (including phenoxy) is 1. The molecular formula is C24H25N3O3. The van der Waals surface area contributed by atoms with Gasteiger partial charge < -0.3 is 20.6 Å². The lowest BCUT2D eigenvalue weighted by Crippen LogP contribution is -2.20. The van der Waals surface area contributed by atoms with Gasteiger partial charge in [0.25, 0.3) is 5.91 Å². The minimum atomic E-state index is -0.301. The number of hydrogen-bond donors (Lipinski definition) is 2. The molecule has 0 heterocycles. The second-order valence-electron chi connectivity index (χ2n) is 6.84. The van der Waals surface area contributed by atoms with Crippen molar-refractivity contribution in [3.63, 3.8) is 0 Å². The lowest BCUT2D eigenvalue weighted by Gasteiger charge is -2.10. The molecule has 0 fully saturated rings. The number of nitrogens with two attached hydrogens (primary N) is 1. The molecule has 3 aromatic carbocycles. The Labute approximate surface area is 176 Å². The fourth-order valence-corrected chi connectivity index (χ4v) is 2.75. The third kappa shape index (κ3) is 5.85. The van der Waals surface area contributed by atoms with Crippen molar-refractivity contribution in [3.05, 3.63) is 95.1 Å². The van der Waals surface area contributed by atoms with E-state index in [9.17, 15) is 4.79 Å². The number of nitrogens with one attached hydrogen (secondary N) is 1. The zero-order valence-electron chi connectivity index (χ0n) is 17.1. The van der Waals surface area contributed by atoms with Crippen molar-refractivity contribution in [3.8, 4) is 5.75 Å². The Morgan fingerprint density at radius 2 is 1.70 bits per heavy atom. The van der Waals surface area contributed by atoms with Gasteiger partial charge in [-0.2, -0.15) is 0 Å². The molecule has 3 N–H and O–H groups in total. The van der Waals surface area contributed by atoms with Crippen molar-refractivity contribution < 1.29 is 14.4 Å². The number of aryl methyl sites for hydroxylation is 1. The van der Waals surface area contributed by atoms with E-state index >= 15 is 0 Å². The first kappa shape index (κ1) is 20.9. The second-order valence-corrected chi connectivity index (χ2v) is 6.84. The summed E-state index contributed by atoms with van der Waals surface area (Å²) >= 11 is 0. The number of rotatable bonds is 8. The molecule has 1 amide bonds. The maximum atomic E-state index is 12.1. The first-order valence-corrected chi connectivity index (χ1v) is 9.61. The van der Waals surface area contributed by atoms with Crippen LogP contribution in [0.25, 0.3) is 0 Å². The molecule has 0 unspecified atom stereocenters. The summed E-state index contributed by atoms with van der Waals surface area (Å²) in [6.45, 7) is 4.20. The molecular weight excluding hydrogens is 378 g/mol. The summed E-state index contributed by atoms with van der Waals surface area (Å²) < 4.78 is 5.75. The van der Waals surface area contributed by atoms with Gasteiger partial charge in [-0.05, 0) is 60.9 Å². The molecule has 6 nitrogen and oxygen atoms in total. The molecule has 0 aliphatic carbocycles. The van der Waals surface area contributed by atoms with Gasteiger partial charge in [0.1, 0.15) is 12.4 Å². The standard InChI is InChI=1S/C24H25N3O3/c1-17-7-6-10-22(18(17)2)26-23(28)16-30-27-24(25)20-11-13-21(14-12-20)29-15-19-8-4-3-5-9-19/h3-14H,15-16H2,1-2H3,(H2,25,27)(H,26,28). The van der Waals surface area contributed by atoms with Crippen molar-refractivity contribution in [2.24, 2.45) is 10.9 Å². The number of amidine groups is 1. The van der Waals surface area contributed by atoms with Crippen LogP contribution in [0.1, 0.15) is 22.3 Å². The van der Waals surface area contributed by atoms with Crippen LogP contribution in [-0.2, 0) is 16.2 Å². The van der Waals surface area contributed by atoms with Crippen LogP contribution >= 0.6 is 0 Å². The molecule has 6 heteroatoms. The summed E-state index contributed by atoms with van der Waals surface area (Å²) in [6.07, 6.45) is 0. The SMILES string of the molecule is Cc1cccc(NC(=O)CO/N=C(\N)c2ccc(OCc3ccccc3)cc2)c1C. The van der Waals surface area contributed by atoms with Crippen LogP contribution in [0, 0.1) is 13.8 Å².